The fourth-order valence-electron chi connectivity index (χ4n) is 2.79. The molecule has 4 heteroatoms. The molecule has 0 aliphatic heterocycles. The van der Waals surface area contributed by atoms with Crippen LogP contribution < -0.4 is 5.56 Å². The van der Waals surface area contributed by atoms with E-state index in [1.807, 2.05) is 50.4 Å². The van der Waals surface area contributed by atoms with Gasteiger partial charge in [-0.1, -0.05) is 42.5 Å². The van der Waals surface area contributed by atoms with Crippen LogP contribution in [0.2, 0.25) is 0 Å². The van der Waals surface area contributed by atoms with Gasteiger partial charge in [-0.15, -0.1) is 0 Å². The number of nitrogens with one attached hydrogen (secondary N) is 1. The molecular formula is C19H21N3O. The molecule has 0 saturated carbocycles. The Morgan fingerprint density at radius 3 is 2.61 bits per heavy atom. The predicted molar refractivity (Wildman–Crippen MR) is 93.4 cm³/mol. The van der Waals surface area contributed by atoms with E-state index < -0.39 is 0 Å². The van der Waals surface area contributed by atoms with Crippen molar-refractivity contribution in [3.05, 3.63) is 75.8 Å². The van der Waals surface area contributed by atoms with Crippen LogP contribution in [0.4, 0.5) is 0 Å². The van der Waals surface area contributed by atoms with E-state index in [2.05, 4.69) is 33.9 Å². The Morgan fingerprint density at radius 1 is 1.13 bits per heavy atom. The summed E-state index contributed by atoms with van der Waals surface area (Å²) in [5.74, 6) is 0.696. The summed E-state index contributed by atoms with van der Waals surface area (Å²) >= 11 is 0. The molecule has 1 N–H and O–H groups in total. The first kappa shape index (κ1) is 15.4. The summed E-state index contributed by atoms with van der Waals surface area (Å²) in [5, 5.41) is 0.646. The van der Waals surface area contributed by atoms with Gasteiger partial charge in [0.05, 0.1) is 17.4 Å². The van der Waals surface area contributed by atoms with Crippen molar-refractivity contribution in [1.82, 2.24) is 14.9 Å². The molecular weight excluding hydrogens is 286 g/mol. The van der Waals surface area contributed by atoms with E-state index in [4.69, 9.17) is 0 Å². The zero-order valence-electron chi connectivity index (χ0n) is 13.7. The first-order valence-corrected chi connectivity index (χ1v) is 7.80. The van der Waals surface area contributed by atoms with Crippen LogP contribution in [0.3, 0.4) is 0 Å². The van der Waals surface area contributed by atoms with Crippen molar-refractivity contribution < 1.29 is 0 Å². The van der Waals surface area contributed by atoms with E-state index in [0.717, 1.165) is 11.1 Å². The number of para-hydroxylation sites is 1. The van der Waals surface area contributed by atoms with E-state index in [9.17, 15) is 4.79 Å². The highest BCUT2D eigenvalue weighted by Crippen LogP contribution is 2.20. The van der Waals surface area contributed by atoms with Crippen molar-refractivity contribution in [1.29, 1.82) is 0 Å². The van der Waals surface area contributed by atoms with Crippen LogP contribution in [0.5, 0.6) is 0 Å². The topological polar surface area (TPSA) is 49.0 Å². The van der Waals surface area contributed by atoms with Gasteiger partial charge in [-0.3, -0.25) is 9.69 Å². The summed E-state index contributed by atoms with van der Waals surface area (Å²) in [6, 6.07) is 16.2. The van der Waals surface area contributed by atoms with Crippen molar-refractivity contribution in [3.63, 3.8) is 0 Å². The third kappa shape index (κ3) is 3.17. The number of rotatable bonds is 4. The highest BCUT2D eigenvalue weighted by Gasteiger charge is 2.14. The highest BCUT2D eigenvalue weighted by atomic mass is 16.1. The Kier molecular flexibility index (Phi) is 4.26. The van der Waals surface area contributed by atoms with Gasteiger partial charge in [0.2, 0.25) is 0 Å². The van der Waals surface area contributed by atoms with Gasteiger partial charge < -0.3 is 4.98 Å². The van der Waals surface area contributed by atoms with Crippen molar-refractivity contribution in [2.45, 2.75) is 26.4 Å². The number of hydrogen-bond acceptors (Lipinski definition) is 3. The van der Waals surface area contributed by atoms with Gasteiger partial charge in [-0.25, -0.2) is 4.98 Å². The smallest absolute Gasteiger partial charge is 0.258 e. The Bertz CT molecular complexity index is 871. The third-order valence-corrected chi connectivity index (χ3v) is 4.33. The Labute approximate surface area is 135 Å². The second-order valence-corrected chi connectivity index (χ2v) is 5.99. The summed E-state index contributed by atoms with van der Waals surface area (Å²) in [4.78, 5) is 22.0. The maximum Gasteiger partial charge on any atom is 0.258 e. The molecule has 1 atom stereocenters. The third-order valence-electron chi connectivity index (χ3n) is 4.33. The molecule has 1 aromatic heterocycles. The average Bonchev–Trinajstić information content (AvgIpc) is 2.56. The van der Waals surface area contributed by atoms with Crippen molar-refractivity contribution in [2.24, 2.45) is 0 Å². The number of benzene rings is 2. The number of fused-ring (bicyclic) bond motifs is 1. The molecule has 0 spiro atoms. The lowest BCUT2D eigenvalue weighted by Crippen LogP contribution is -2.25. The molecule has 118 valence electrons. The first-order chi connectivity index (χ1) is 11.1. The zero-order chi connectivity index (χ0) is 16.4. The number of aromatic nitrogens is 2. The van der Waals surface area contributed by atoms with E-state index in [-0.39, 0.29) is 11.6 Å². The molecule has 0 unspecified atom stereocenters. The minimum atomic E-state index is -0.0746. The Balaban J connectivity index is 1.89. The minimum Gasteiger partial charge on any atom is -0.309 e. The molecule has 0 aliphatic rings. The summed E-state index contributed by atoms with van der Waals surface area (Å²) < 4.78 is 0. The van der Waals surface area contributed by atoms with Crippen LogP contribution in [-0.4, -0.2) is 21.9 Å². The second-order valence-electron chi connectivity index (χ2n) is 5.99. The fraction of sp³-hybridized carbons (Fsp3) is 0.263. The van der Waals surface area contributed by atoms with E-state index >= 15 is 0 Å². The number of H-pyrrole nitrogens is 1. The van der Waals surface area contributed by atoms with Gasteiger partial charge in [0.1, 0.15) is 5.82 Å². The summed E-state index contributed by atoms with van der Waals surface area (Å²) in [5.41, 5.74) is 2.98. The van der Waals surface area contributed by atoms with E-state index in [1.165, 1.54) is 5.56 Å². The van der Waals surface area contributed by atoms with Crippen LogP contribution in [0, 0.1) is 6.92 Å². The number of aryl methyl sites for hydroxylation is 1. The molecule has 0 aliphatic carbocycles. The van der Waals surface area contributed by atoms with Crippen LogP contribution in [-0.2, 0) is 6.54 Å². The molecule has 0 amide bonds. The molecule has 0 fully saturated rings. The number of hydrogen-bond donors (Lipinski definition) is 1. The van der Waals surface area contributed by atoms with Gasteiger partial charge in [0.15, 0.2) is 0 Å². The van der Waals surface area contributed by atoms with Crippen molar-refractivity contribution in [3.8, 4) is 0 Å². The van der Waals surface area contributed by atoms with Crippen molar-refractivity contribution in [2.75, 3.05) is 7.05 Å². The molecule has 0 radical (unpaired) electrons. The lowest BCUT2D eigenvalue weighted by molar-refractivity contribution is 0.247. The van der Waals surface area contributed by atoms with Gasteiger partial charge in [0, 0.05) is 6.04 Å². The van der Waals surface area contributed by atoms with Gasteiger partial charge >= 0.3 is 0 Å². The van der Waals surface area contributed by atoms with Gasteiger partial charge in [-0.05, 0) is 38.1 Å². The average molecular weight is 307 g/mol. The van der Waals surface area contributed by atoms with Gasteiger partial charge in [0.25, 0.3) is 5.56 Å². The maximum absolute atomic E-state index is 12.3. The number of aromatic amines is 1. The fourth-order valence-corrected chi connectivity index (χ4v) is 2.79. The SMILES string of the molecule is Cc1cccc2c(=O)[nH]c(CN(C)[C@@H](C)c3ccccc3)nc12. The van der Waals surface area contributed by atoms with E-state index in [1.54, 1.807) is 0 Å². The van der Waals surface area contributed by atoms with Crippen molar-refractivity contribution >= 4 is 10.9 Å². The molecule has 3 aromatic rings. The minimum absolute atomic E-state index is 0.0746. The molecule has 1 heterocycles. The Morgan fingerprint density at radius 2 is 1.87 bits per heavy atom. The molecule has 3 rings (SSSR count). The number of nitrogens with zero attached hydrogens (tertiary/aromatic N) is 2. The molecule has 2 aromatic carbocycles. The normalized spacial score (nSPS) is 12.7. The first-order valence-electron chi connectivity index (χ1n) is 7.80. The molecule has 0 saturated heterocycles. The quantitative estimate of drug-likeness (QED) is 0.803. The largest absolute Gasteiger partial charge is 0.309 e. The van der Waals surface area contributed by atoms with Crippen LogP contribution in [0.1, 0.15) is 29.9 Å². The predicted octanol–water partition coefficient (Wildman–Crippen LogP) is 3.42. The summed E-state index contributed by atoms with van der Waals surface area (Å²) in [6.07, 6.45) is 0. The van der Waals surface area contributed by atoms with Crippen LogP contribution >= 0.6 is 0 Å². The van der Waals surface area contributed by atoms with Gasteiger partial charge in [-0.2, -0.15) is 0 Å². The maximum atomic E-state index is 12.3. The second kappa shape index (κ2) is 6.34. The standard InChI is InChI=1S/C19H21N3O/c1-13-8-7-11-16-18(13)20-17(21-19(16)23)12-22(3)14(2)15-9-5-4-6-10-15/h4-11,14H,12H2,1-3H3,(H,20,21,23)/t14-/m0/s1. The Hall–Kier alpha value is -2.46. The lowest BCUT2D eigenvalue weighted by Gasteiger charge is -2.24. The molecule has 0 bridgehead atoms. The van der Waals surface area contributed by atoms with E-state index in [0.29, 0.717) is 17.8 Å². The highest BCUT2D eigenvalue weighted by molar-refractivity contribution is 5.80. The molecule has 23 heavy (non-hydrogen) atoms. The summed E-state index contributed by atoms with van der Waals surface area (Å²) in [6.45, 7) is 4.73. The zero-order valence-corrected chi connectivity index (χ0v) is 13.7. The lowest BCUT2D eigenvalue weighted by atomic mass is 10.1. The summed E-state index contributed by atoms with van der Waals surface area (Å²) in [7, 11) is 2.04. The van der Waals surface area contributed by atoms with Crippen LogP contribution in [0.15, 0.2) is 53.3 Å². The van der Waals surface area contributed by atoms with Crippen LogP contribution in [0.25, 0.3) is 10.9 Å². The monoisotopic (exact) mass is 307 g/mol. The molecule has 4 nitrogen and oxygen atoms in total.